The highest BCUT2D eigenvalue weighted by atomic mass is 16.6. The molecule has 134 valence electrons. The van der Waals surface area contributed by atoms with E-state index in [0.717, 1.165) is 6.54 Å². The summed E-state index contributed by atoms with van der Waals surface area (Å²) in [5.74, 6) is 0.0401. The quantitative estimate of drug-likeness (QED) is 0.744. The van der Waals surface area contributed by atoms with Crippen molar-refractivity contribution in [1.82, 2.24) is 5.32 Å². The molecule has 2 atom stereocenters. The van der Waals surface area contributed by atoms with Crippen molar-refractivity contribution in [1.29, 1.82) is 0 Å². The van der Waals surface area contributed by atoms with Gasteiger partial charge in [-0.1, -0.05) is 67.6 Å². The predicted molar refractivity (Wildman–Crippen MR) is 102 cm³/mol. The lowest BCUT2D eigenvalue weighted by Gasteiger charge is -2.27. The molecule has 0 heterocycles. The highest BCUT2D eigenvalue weighted by Gasteiger charge is 2.25. The van der Waals surface area contributed by atoms with Crippen LogP contribution in [0.2, 0.25) is 0 Å². The summed E-state index contributed by atoms with van der Waals surface area (Å²) in [6.07, 6.45) is 0.347. The second-order valence-electron chi connectivity index (χ2n) is 7.46. The molecule has 0 aromatic heterocycles. The molecule has 0 aliphatic rings. The molecule has 3 heteroatoms. The largest absolute Gasteiger partial charge is 0.460 e. The second-order valence-corrected chi connectivity index (χ2v) is 7.46. The lowest BCUT2D eigenvalue weighted by Crippen LogP contribution is -2.37. The first kappa shape index (κ1) is 19.2. The first-order valence-corrected chi connectivity index (χ1v) is 8.89. The van der Waals surface area contributed by atoms with Gasteiger partial charge in [0.1, 0.15) is 5.60 Å². The lowest BCUT2D eigenvalue weighted by molar-refractivity contribution is -0.155. The van der Waals surface area contributed by atoms with Gasteiger partial charge in [0.15, 0.2) is 0 Å². The van der Waals surface area contributed by atoms with Gasteiger partial charge in [0.2, 0.25) is 0 Å². The van der Waals surface area contributed by atoms with Gasteiger partial charge in [0, 0.05) is 12.6 Å². The van der Waals surface area contributed by atoms with Crippen molar-refractivity contribution >= 4 is 5.97 Å². The SMILES string of the molecule is C[C@@H](c1ccccc1)[C@H](CC(=O)OC(C)(C)C)NCc1ccccc1. The fourth-order valence-corrected chi connectivity index (χ4v) is 2.82. The van der Waals surface area contributed by atoms with Crippen molar-refractivity contribution in [2.24, 2.45) is 0 Å². The lowest BCUT2D eigenvalue weighted by atomic mass is 9.91. The van der Waals surface area contributed by atoms with Gasteiger partial charge in [0.05, 0.1) is 6.42 Å². The molecular weight excluding hydrogens is 310 g/mol. The Morgan fingerprint density at radius 3 is 2.12 bits per heavy atom. The first-order chi connectivity index (χ1) is 11.8. The maximum absolute atomic E-state index is 12.4. The second kappa shape index (κ2) is 8.82. The van der Waals surface area contributed by atoms with E-state index in [9.17, 15) is 4.79 Å². The van der Waals surface area contributed by atoms with Gasteiger partial charge in [-0.3, -0.25) is 4.79 Å². The topological polar surface area (TPSA) is 38.3 Å². The average Bonchev–Trinajstić information content (AvgIpc) is 2.58. The van der Waals surface area contributed by atoms with E-state index >= 15 is 0 Å². The Kier molecular flexibility index (Phi) is 6.77. The third-order valence-electron chi connectivity index (χ3n) is 4.15. The van der Waals surface area contributed by atoms with Gasteiger partial charge in [-0.25, -0.2) is 0 Å². The van der Waals surface area contributed by atoms with Gasteiger partial charge < -0.3 is 10.1 Å². The Hall–Kier alpha value is -2.13. The summed E-state index contributed by atoms with van der Waals surface area (Å²) in [4.78, 5) is 12.4. The van der Waals surface area contributed by atoms with Crippen molar-refractivity contribution in [3.05, 3.63) is 71.8 Å². The summed E-state index contributed by atoms with van der Waals surface area (Å²) < 4.78 is 5.53. The number of nitrogens with one attached hydrogen (secondary N) is 1. The Morgan fingerprint density at radius 2 is 1.56 bits per heavy atom. The number of esters is 1. The zero-order valence-electron chi connectivity index (χ0n) is 15.7. The van der Waals surface area contributed by atoms with E-state index < -0.39 is 5.60 Å². The molecule has 0 unspecified atom stereocenters. The van der Waals surface area contributed by atoms with Crippen LogP contribution in [-0.4, -0.2) is 17.6 Å². The number of ether oxygens (including phenoxy) is 1. The first-order valence-electron chi connectivity index (χ1n) is 8.89. The normalized spacial score (nSPS) is 13.9. The predicted octanol–water partition coefficient (Wildman–Crippen LogP) is 4.68. The summed E-state index contributed by atoms with van der Waals surface area (Å²) in [6, 6.07) is 20.5. The van der Waals surface area contributed by atoms with Crippen molar-refractivity contribution in [3.8, 4) is 0 Å². The molecule has 0 saturated heterocycles. The van der Waals surface area contributed by atoms with E-state index in [2.05, 4.69) is 36.5 Å². The van der Waals surface area contributed by atoms with Crippen LogP contribution in [0.25, 0.3) is 0 Å². The summed E-state index contributed by atoms with van der Waals surface area (Å²) >= 11 is 0. The van der Waals surface area contributed by atoms with Crippen LogP contribution in [0.15, 0.2) is 60.7 Å². The Labute approximate surface area is 151 Å². The minimum atomic E-state index is -0.461. The standard InChI is InChI=1S/C22H29NO2/c1-17(19-13-9-6-10-14-19)20(15-21(24)25-22(2,3)4)23-16-18-11-7-5-8-12-18/h5-14,17,20,23H,15-16H2,1-4H3/t17-,20-/m0/s1. The average molecular weight is 339 g/mol. The minimum absolute atomic E-state index is 0.0115. The summed E-state index contributed by atoms with van der Waals surface area (Å²) in [5.41, 5.74) is 1.96. The van der Waals surface area contributed by atoms with Crippen molar-refractivity contribution < 1.29 is 9.53 Å². The molecule has 2 rings (SSSR count). The highest BCUT2D eigenvalue weighted by molar-refractivity contribution is 5.70. The minimum Gasteiger partial charge on any atom is -0.460 e. The summed E-state index contributed by atoms with van der Waals surface area (Å²) in [7, 11) is 0. The van der Waals surface area contributed by atoms with Crippen LogP contribution in [0.1, 0.15) is 51.2 Å². The molecule has 0 radical (unpaired) electrons. The Balaban J connectivity index is 2.08. The number of benzene rings is 2. The van der Waals surface area contributed by atoms with Gasteiger partial charge in [0.25, 0.3) is 0 Å². The smallest absolute Gasteiger partial charge is 0.307 e. The molecule has 2 aromatic carbocycles. The van der Waals surface area contributed by atoms with E-state index in [1.165, 1.54) is 11.1 Å². The van der Waals surface area contributed by atoms with Gasteiger partial charge in [-0.05, 0) is 37.8 Å². The summed E-state index contributed by atoms with van der Waals surface area (Å²) in [6.45, 7) is 8.58. The van der Waals surface area contributed by atoms with Crippen molar-refractivity contribution in [2.75, 3.05) is 0 Å². The molecule has 3 nitrogen and oxygen atoms in total. The van der Waals surface area contributed by atoms with E-state index in [1.807, 2.05) is 57.2 Å². The van der Waals surface area contributed by atoms with E-state index in [4.69, 9.17) is 4.74 Å². The summed E-state index contributed by atoms with van der Waals surface area (Å²) in [5, 5.41) is 3.55. The zero-order chi connectivity index (χ0) is 18.3. The molecule has 1 N–H and O–H groups in total. The van der Waals surface area contributed by atoms with E-state index in [0.29, 0.717) is 6.42 Å². The maximum Gasteiger partial charge on any atom is 0.307 e. The number of carbonyl (C=O) groups excluding carboxylic acids is 1. The molecule has 0 fully saturated rings. The Bertz CT molecular complexity index is 647. The van der Waals surface area contributed by atoms with Crippen LogP contribution in [0, 0.1) is 0 Å². The highest BCUT2D eigenvalue weighted by Crippen LogP contribution is 2.23. The number of hydrogen-bond acceptors (Lipinski definition) is 3. The van der Waals surface area contributed by atoms with Gasteiger partial charge in [-0.2, -0.15) is 0 Å². The van der Waals surface area contributed by atoms with Crippen molar-refractivity contribution in [3.63, 3.8) is 0 Å². The molecule has 0 saturated carbocycles. The van der Waals surface area contributed by atoms with Crippen LogP contribution >= 0.6 is 0 Å². The van der Waals surface area contributed by atoms with Crippen LogP contribution in [0.3, 0.4) is 0 Å². The molecule has 0 bridgehead atoms. The molecule has 0 aliphatic carbocycles. The van der Waals surface area contributed by atoms with E-state index in [1.54, 1.807) is 0 Å². The van der Waals surface area contributed by atoms with Crippen LogP contribution in [-0.2, 0) is 16.1 Å². The molecule has 0 spiro atoms. The van der Waals surface area contributed by atoms with Gasteiger partial charge >= 0.3 is 5.97 Å². The van der Waals surface area contributed by atoms with E-state index in [-0.39, 0.29) is 17.9 Å². The molecule has 25 heavy (non-hydrogen) atoms. The Morgan fingerprint density at radius 1 is 1.00 bits per heavy atom. The maximum atomic E-state index is 12.4. The molecular formula is C22H29NO2. The monoisotopic (exact) mass is 339 g/mol. The fraction of sp³-hybridized carbons (Fsp3) is 0.409. The third kappa shape index (κ3) is 6.71. The van der Waals surface area contributed by atoms with Crippen molar-refractivity contribution in [2.45, 2.75) is 58.2 Å². The molecule has 0 aliphatic heterocycles. The number of carbonyl (C=O) groups is 1. The zero-order valence-corrected chi connectivity index (χ0v) is 15.7. The van der Waals surface area contributed by atoms with Gasteiger partial charge in [-0.15, -0.1) is 0 Å². The number of hydrogen-bond donors (Lipinski definition) is 1. The van der Waals surface area contributed by atoms with Crippen LogP contribution in [0.5, 0.6) is 0 Å². The third-order valence-corrected chi connectivity index (χ3v) is 4.15. The van der Waals surface area contributed by atoms with Crippen LogP contribution in [0.4, 0.5) is 0 Å². The molecule has 0 amide bonds. The molecule has 2 aromatic rings. The number of rotatable bonds is 7. The fourth-order valence-electron chi connectivity index (χ4n) is 2.82. The van der Waals surface area contributed by atoms with Crippen LogP contribution < -0.4 is 5.32 Å².